The van der Waals surface area contributed by atoms with E-state index in [1.54, 1.807) is 18.5 Å². The van der Waals surface area contributed by atoms with Crippen LogP contribution in [-0.4, -0.2) is 50.4 Å². The Kier molecular flexibility index (Phi) is 3.64. The Bertz CT molecular complexity index is 1180. The van der Waals surface area contributed by atoms with Crippen LogP contribution in [0, 0.1) is 0 Å². The molecule has 0 aromatic carbocycles. The van der Waals surface area contributed by atoms with Crippen molar-refractivity contribution in [3.8, 4) is 5.82 Å². The van der Waals surface area contributed by atoms with Crippen LogP contribution in [-0.2, 0) is 0 Å². The number of hydrogen-bond acceptors (Lipinski definition) is 6. The molecule has 8 heteroatoms. The van der Waals surface area contributed by atoms with Crippen LogP contribution in [0.25, 0.3) is 27.8 Å². The molecule has 1 unspecified atom stereocenters. The van der Waals surface area contributed by atoms with Gasteiger partial charge in [0.2, 0.25) is 0 Å². The standard InChI is InChI=1S/C19H19N7O/c1-12-11-25(9-8-20-12)16-6-5-14-18(23-16)17-13(10-22-14)19(27)26(24-17)15-4-2-3-7-21-15/h2-7,10,12,20,24H,8-9,11H2,1H3. The number of anilines is 1. The second-order valence-electron chi connectivity index (χ2n) is 6.83. The summed E-state index contributed by atoms with van der Waals surface area (Å²) < 4.78 is 1.44. The lowest BCUT2D eigenvalue weighted by Gasteiger charge is -2.32. The molecule has 1 atom stereocenters. The summed E-state index contributed by atoms with van der Waals surface area (Å²) in [4.78, 5) is 28.6. The molecule has 0 amide bonds. The van der Waals surface area contributed by atoms with E-state index in [0.717, 1.165) is 31.0 Å². The summed E-state index contributed by atoms with van der Waals surface area (Å²) in [5.74, 6) is 1.44. The normalized spacial score (nSPS) is 17.7. The number of aromatic amines is 1. The summed E-state index contributed by atoms with van der Waals surface area (Å²) in [5.41, 5.74) is 1.95. The van der Waals surface area contributed by atoms with Gasteiger partial charge in [0.15, 0.2) is 5.82 Å². The molecule has 5 rings (SSSR count). The topological polar surface area (TPSA) is 91.7 Å². The summed E-state index contributed by atoms with van der Waals surface area (Å²) in [6.07, 6.45) is 3.26. The first-order valence-corrected chi connectivity index (χ1v) is 9.01. The molecule has 1 fully saturated rings. The summed E-state index contributed by atoms with van der Waals surface area (Å²) in [6.45, 7) is 4.89. The molecule has 0 radical (unpaired) electrons. The third-order valence-electron chi connectivity index (χ3n) is 4.93. The number of H-pyrrole nitrogens is 1. The van der Waals surface area contributed by atoms with Crippen LogP contribution in [0.2, 0.25) is 0 Å². The van der Waals surface area contributed by atoms with E-state index in [0.29, 0.717) is 28.3 Å². The summed E-state index contributed by atoms with van der Waals surface area (Å²) >= 11 is 0. The molecule has 27 heavy (non-hydrogen) atoms. The molecule has 0 aliphatic carbocycles. The van der Waals surface area contributed by atoms with Crippen LogP contribution in [0.1, 0.15) is 6.92 Å². The van der Waals surface area contributed by atoms with E-state index in [1.807, 2.05) is 24.3 Å². The third-order valence-corrected chi connectivity index (χ3v) is 4.93. The van der Waals surface area contributed by atoms with Crippen molar-refractivity contribution in [2.75, 3.05) is 24.5 Å². The highest BCUT2D eigenvalue weighted by molar-refractivity contribution is 6.00. The Labute approximate surface area is 154 Å². The zero-order chi connectivity index (χ0) is 18.4. The fourth-order valence-electron chi connectivity index (χ4n) is 3.58. The number of piperazine rings is 1. The second-order valence-corrected chi connectivity index (χ2v) is 6.83. The highest BCUT2D eigenvalue weighted by atomic mass is 16.1. The number of nitrogens with zero attached hydrogens (tertiary/aromatic N) is 5. The SMILES string of the molecule is CC1CN(c2ccc3ncc4c(=O)n(-c5ccccn5)[nH]c4c3n2)CCN1. The number of rotatable bonds is 2. The van der Waals surface area contributed by atoms with E-state index in [4.69, 9.17) is 4.98 Å². The van der Waals surface area contributed by atoms with E-state index < -0.39 is 0 Å². The molecule has 5 heterocycles. The lowest BCUT2D eigenvalue weighted by Crippen LogP contribution is -2.49. The molecule has 4 aromatic heterocycles. The van der Waals surface area contributed by atoms with Crippen LogP contribution in [0.4, 0.5) is 5.82 Å². The largest absolute Gasteiger partial charge is 0.354 e. The fraction of sp³-hybridized carbons (Fsp3) is 0.263. The number of hydrogen-bond donors (Lipinski definition) is 2. The fourth-order valence-corrected chi connectivity index (χ4v) is 3.58. The van der Waals surface area contributed by atoms with Crippen LogP contribution in [0.15, 0.2) is 47.5 Å². The predicted octanol–water partition coefficient (Wildman–Crippen LogP) is 1.46. The maximum absolute atomic E-state index is 12.8. The van der Waals surface area contributed by atoms with Gasteiger partial charge in [-0.15, -0.1) is 0 Å². The Balaban J connectivity index is 1.69. The quantitative estimate of drug-likeness (QED) is 0.562. The number of aromatic nitrogens is 5. The zero-order valence-electron chi connectivity index (χ0n) is 14.9. The molecular weight excluding hydrogens is 342 g/mol. The van der Waals surface area contributed by atoms with Crippen molar-refractivity contribution >= 4 is 27.8 Å². The highest BCUT2D eigenvalue weighted by Crippen LogP contribution is 2.23. The minimum absolute atomic E-state index is 0.180. The summed E-state index contributed by atoms with van der Waals surface area (Å²) in [7, 11) is 0. The number of nitrogens with one attached hydrogen (secondary N) is 2. The van der Waals surface area contributed by atoms with Crippen molar-refractivity contribution in [3.05, 3.63) is 53.1 Å². The van der Waals surface area contributed by atoms with Crippen LogP contribution in [0.3, 0.4) is 0 Å². The van der Waals surface area contributed by atoms with Crippen molar-refractivity contribution in [2.24, 2.45) is 0 Å². The van der Waals surface area contributed by atoms with Crippen molar-refractivity contribution in [1.82, 2.24) is 30.0 Å². The van der Waals surface area contributed by atoms with Gasteiger partial charge < -0.3 is 10.2 Å². The molecule has 1 saturated heterocycles. The monoisotopic (exact) mass is 361 g/mol. The molecule has 8 nitrogen and oxygen atoms in total. The Morgan fingerprint density at radius 2 is 2.07 bits per heavy atom. The third kappa shape index (κ3) is 2.65. The van der Waals surface area contributed by atoms with Crippen molar-refractivity contribution in [3.63, 3.8) is 0 Å². The van der Waals surface area contributed by atoms with Gasteiger partial charge in [-0.1, -0.05) is 6.07 Å². The zero-order valence-corrected chi connectivity index (χ0v) is 14.9. The van der Waals surface area contributed by atoms with Crippen LogP contribution in [0.5, 0.6) is 0 Å². The summed E-state index contributed by atoms with van der Waals surface area (Å²) in [6, 6.07) is 9.81. The molecule has 136 valence electrons. The molecule has 1 aliphatic rings. The minimum Gasteiger partial charge on any atom is -0.354 e. The van der Waals surface area contributed by atoms with Crippen molar-refractivity contribution < 1.29 is 0 Å². The average Bonchev–Trinajstić information content (AvgIpc) is 3.05. The Morgan fingerprint density at radius 3 is 2.89 bits per heavy atom. The van der Waals surface area contributed by atoms with E-state index in [1.165, 1.54) is 4.68 Å². The first kappa shape index (κ1) is 16.0. The molecule has 0 bridgehead atoms. The molecular formula is C19H19N7O. The second kappa shape index (κ2) is 6.17. The molecule has 2 N–H and O–H groups in total. The molecule has 0 saturated carbocycles. The van der Waals surface area contributed by atoms with Crippen LogP contribution < -0.4 is 15.8 Å². The van der Waals surface area contributed by atoms with Crippen molar-refractivity contribution in [2.45, 2.75) is 13.0 Å². The van der Waals surface area contributed by atoms with Gasteiger partial charge in [0.05, 0.1) is 16.4 Å². The van der Waals surface area contributed by atoms with Gasteiger partial charge in [0.1, 0.15) is 11.3 Å². The van der Waals surface area contributed by atoms with Gasteiger partial charge in [-0.2, -0.15) is 0 Å². The maximum atomic E-state index is 12.8. The summed E-state index contributed by atoms with van der Waals surface area (Å²) in [5, 5.41) is 7.11. The number of pyridine rings is 3. The first-order chi connectivity index (χ1) is 13.2. The maximum Gasteiger partial charge on any atom is 0.282 e. The van der Waals surface area contributed by atoms with Gasteiger partial charge in [0, 0.05) is 38.1 Å². The lowest BCUT2D eigenvalue weighted by atomic mass is 10.2. The first-order valence-electron chi connectivity index (χ1n) is 9.01. The minimum atomic E-state index is -0.180. The molecule has 4 aromatic rings. The Hall–Kier alpha value is -3.26. The van der Waals surface area contributed by atoms with Gasteiger partial charge in [-0.3, -0.25) is 14.9 Å². The Morgan fingerprint density at radius 1 is 1.15 bits per heavy atom. The number of fused-ring (bicyclic) bond motifs is 3. The average molecular weight is 361 g/mol. The lowest BCUT2D eigenvalue weighted by molar-refractivity contribution is 0.482. The predicted molar refractivity (Wildman–Crippen MR) is 104 cm³/mol. The van der Waals surface area contributed by atoms with Gasteiger partial charge in [-0.25, -0.2) is 14.6 Å². The molecule has 0 spiro atoms. The van der Waals surface area contributed by atoms with E-state index >= 15 is 0 Å². The van der Waals surface area contributed by atoms with E-state index in [9.17, 15) is 4.79 Å². The smallest absolute Gasteiger partial charge is 0.282 e. The highest BCUT2D eigenvalue weighted by Gasteiger charge is 2.19. The van der Waals surface area contributed by atoms with Crippen LogP contribution >= 0.6 is 0 Å². The van der Waals surface area contributed by atoms with Gasteiger partial charge in [0.25, 0.3) is 5.56 Å². The van der Waals surface area contributed by atoms with E-state index in [2.05, 4.69) is 32.2 Å². The van der Waals surface area contributed by atoms with Crippen molar-refractivity contribution in [1.29, 1.82) is 0 Å². The van der Waals surface area contributed by atoms with Gasteiger partial charge in [-0.05, 0) is 31.2 Å². The van der Waals surface area contributed by atoms with Gasteiger partial charge >= 0.3 is 0 Å². The van der Waals surface area contributed by atoms with E-state index in [-0.39, 0.29) is 5.56 Å². The molecule has 1 aliphatic heterocycles.